The Labute approximate surface area is 113 Å². The van der Waals surface area contributed by atoms with E-state index in [4.69, 9.17) is 9.63 Å². The average molecular weight is 269 g/mol. The van der Waals surface area contributed by atoms with E-state index in [9.17, 15) is 4.79 Å². The summed E-state index contributed by atoms with van der Waals surface area (Å²) in [5, 5.41) is 18.6. The Kier molecular flexibility index (Phi) is 5.98. The molecule has 0 spiro atoms. The third-order valence-electron chi connectivity index (χ3n) is 3.28. The monoisotopic (exact) mass is 269 g/mol. The van der Waals surface area contributed by atoms with Crippen molar-refractivity contribution in [1.82, 2.24) is 15.8 Å². The van der Waals surface area contributed by atoms with Crippen molar-refractivity contribution in [2.75, 3.05) is 19.6 Å². The maximum Gasteiger partial charge on any atom is 0.273 e. The minimum Gasteiger partial charge on any atom is -0.388 e. The van der Waals surface area contributed by atoms with Crippen molar-refractivity contribution in [3.05, 3.63) is 17.5 Å². The van der Waals surface area contributed by atoms with Gasteiger partial charge in [0.2, 0.25) is 0 Å². The number of aliphatic hydroxyl groups excluding tert-OH is 1. The number of nitrogens with one attached hydrogen (secondary N) is 2. The van der Waals surface area contributed by atoms with Crippen LogP contribution in [-0.2, 0) is 6.61 Å². The number of nitrogens with zero attached hydrogens (tertiary/aromatic N) is 1. The highest BCUT2D eigenvalue weighted by atomic mass is 16.5. The van der Waals surface area contributed by atoms with Gasteiger partial charge in [-0.1, -0.05) is 25.9 Å². The van der Waals surface area contributed by atoms with Crippen molar-refractivity contribution in [3.63, 3.8) is 0 Å². The van der Waals surface area contributed by atoms with Gasteiger partial charge in [-0.05, 0) is 18.4 Å². The Hall–Kier alpha value is -1.40. The number of carbonyl (C=O) groups is 1. The second-order valence-electron chi connectivity index (χ2n) is 4.96. The summed E-state index contributed by atoms with van der Waals surface area (Å²) in [6, 6.07) is 1.45. The van der Waals surface area contributed by atoms with Gasteiger partial charge in [-0.2, -0.15) is 0 Å². The summed E-state index contributed by atoms with van der Waals surface area (Å²) in [4.78, 5) is 11.9. The van der Waals surface area contributed by atoms with E-state index in [0.29, 0.717) is 6.54 Å². The molecule has 1 aromatic rings. The van der Waals surface area contributed by atoms with Crippen LogP contribution in [0.3, 0.4) is 0 Å². The van der Waals surface area contributed by atoms with Gasteiger partial charge in [-0.15, -0.1) is 0 Å². The van der Waals surface area contributed by atoms with Crippen LogP contribution in [0.15, 0.2) is 10.6 Å². The van der Waals surface area contributed by atoms with E-state index in [0.717, 1.165) is 19.5 Å². The predicted octanol–water partition coefficient (Wildman–Crippen LogP) is 0.922. The van der Waals surface area contributed by atoms with Gasteiger partial charge in [0.1, 0.15) is 6.61 Å². The molecule has 0 radical (unpaired) electrons. The molecule has 6 heteroatoms. The van der Waals surface area contributed by atoms with Gasteiger partial charge < -0.3 is 20.3 Å². The highest BCUT2D eigenvalue weighted by Crippen LogP contribution is 2.18. The maximum atomic E-state index is 11.9. The molecule has 0 saturated carbocycles. The lowest BCUT2D eigenvalue weighted by molar-refractivity contribution is 0.0922. The molecule has 0 aromatic carbocycles. The SMILES string of the molecule is CCNCC(C)(CC)CNC(=O)c1cc(CO)on1. The van der Waals surface area contributed by atoms with Crippen molar-refractivity contribution < 1.29 is 14.4 Å². The molecule has 1 aromatic heterocycles. The van der Waals surface area contributed by atoms with Crippen LogP contribution in [0.2, 0.25) is 0 Å². The van der Waals surface area contributed by atoms with Crippen molar-refractivity contribution in [3.8, 4) is 0 Å². The van der Waals surface area contributed by atoms with Gasteiger partial charge in [0.15, 0.2) is 11.5 Å². The number of carbonyl (C=O) groups excluding carboxylic acids is 1. The molecule has 108 valence electrons. The van der Waals surface area contributed by atoms with Crippen LogP contribution in [0.4, 0.5) is 0 Å². The lowest BCUT2D eigenvalue weighted by Gasteiger charge is -2.28. The van der Waals surface area contributed by atoms with Crippen molar-refractivity contribution in [2.24, 2.45) is 5.41 Å². The van der Waals surface area contributed by atoms with Gasteiger partial charge in [-0.3, -0.25) is 4.79 Å². The fourth-order valence-electron chi connectivity index (χ4n) is 1.62. The minimum absolute atomic E-state index is 0.00914. The Morgan fingerprint density at radius 3 is 2.74 bits per heavy atom. The van der Waals surface area contributed by atoms with E-state index in [1.807, 2.05) is 0 Å². The van der Waals surface area contributed by atoms with Crippen molar-refractivity contribution >= 4 is 5.91 Å². The van der Waals surface area contributed by atoms with Gasteiger partial charge in [0, 0.05) is 19.2 Å². The van der Waals surface area contributed by atoms with Gasteiger partial charge in [0.05, 0.1) is 0 Å². The summed E-state index contributed by atoms with van der Waals surface area (Å²) in [7, 11) is 0. The largest absolute Gasteiger partial charge is 0.388 e. The van der Waals surface area contributed by atoms with E-state index < -0.39 is 0 Å². The Morgan fingerprint density at radius 1 is 1.47 bits per heavy atom. The first-order valence-corrected chi connectivity index (χ1v) is 6.60. The number of aliphatic hydroxyl groups is 1. The van der Waals surface area contributed by atoms with Gasteiger partial charge in [0.25, 0.3) is 5.91 Å². The summed E-state index contributed by atoms with van der Waals surface area (Å²) in [5.41, 5.74) is 0.209. The summed E-state index contributed by atoms with van der Waals surface area (Å²) in [6.07, 6.45) is 0.959. The van der Waals surface area contributed by atoms with Crippen LogP contribution in [0.25, 0.3) is 0 Å². The zero-order valence-corrected chi connectivity index (χ0v) is 11.8. The van der Waals surface area contributed by atoms with Crippen LogP contribution in [0.5, 0.6) is 0 Å². The van der Waals surface area contributed by atoms with Crippen LogP contribution in [0.1, 0.15) is 43.4 Å². The standard InChI is InChI=1S/C13H23N3O3/c1-4-13(3,8-14-5-2)9-15-12(18)11-6-10(7-17)19-16-11/h6,14,17H,4-5,7-9H2,1-3H3,(H,15,18). The summed E-state index contributed by atoms with van der Waals surface area (Å²) in [5.74, 6) is 0.00989. The molecule has 1 unspecified atom stereocenters. The average Bonchev–Trinajstić information content (AvgIpc) is 2.91. The van der Waals surface area contributed by atoms with Crippen molar-refractivity contribution in [1.29, 1.82) is 0 Å². The molecule has 0 fully saturated rings. The Balaban J connectivity index is 2.52. The quantitative estimate of drug-likeness (QED) is 0.653. The van der Waals surface area contributed by atoms with Crippen LogP contribution in [0, 0.1) is 5.41 Å². The molecular formula is C13H23N3O3. The molecule has 0 aliphatic heterocycles. The number of amides is 1. The van der Waals surface area contributed by atoms with Crippen LogP contribution in [-0.4, -0.2) is 35.8 Å². The van der Waals surface area contributed by atoms with Crippen LogP contribution < -0.4 is 10.6 Å². The second-order valence-corrected chi connectivity index (χ2v) is 4.96. The zero-order valence-electron chi connectivity index (χ0n) is 11.8. The Bertz CT molecular complexity index is 406. The number of hydrogen-bond donors (Lipinski definition) is 3. The predicted molar refractivity (Wildman–Crippen MR) is 71.7 cm³/mol. The summed E-state index contributed by atoms with van der Waals surface area (Å²) < 4.78 is 4.78. The molecule has 0 aliphatic carbocycles. The molecular weight excluding hydrogens is 246 g/mol. The lowest BCUT2D eigenvalue weighted by atomic mass is 9.87. The molecule has 1 atom stereocenters. The highest BCUT2D eigenvalue weighted by Gasteiger charge is 2.23. The lowest BCUT2D eigenvalue weighted by Crippen LogP contribution is -2.42. The number of hydrogen-bond acceptors (Lipinski definition) is 5. The fraction of sp³-hybridized carbons (Fsp3) is 0.692. The fourth-order valence-corrected chi connectivity index (χ4v) is 1.62. The van der Waals surface area contributed by atoms with Gasteiger partial charge >= 0.3 is 0 Å². The van der Waals surface area contributed by atoms with E-state index in [1.165, 1.54) is 6.07 Å². The first kappa shape index (κ1) is 15.7. The van der Waals surface area contributed by atoms with E-state index in [1.54, 1.807) is 0 Å². The van der Waals surface area contributed by atoms with Gasteiger partial charge in [-0.25, -0.2) is 0 Å². The van der Waals surface area contributed by atoms with Crippen LogP contribution >= 0.6 is 0 Å². The third-order valence-corrected chi connectivity index (χ3v) is 3.28. The van der Waals surface area contributed by atoms with E-state index in [2.05, 4.69) is 36.6 Å². The first-order valence-electron chi connectivity index (χ1n) is 6.60. The molecule has 1 amide bonds. The van der Waals surface area contributed by atoms with Crippen molar-refractivity contribution in [2.45, 2.75) is 33.8 Å². The van der Waals surface area contributed by atoms with E-state index >= 15 is 0 Å². The molecule has 1 heterocycles. The summed E-state index contributed by atoms with van der Waals surface area (Å²) in [6.45, 7) is 8.35. The second kappa shape index (κ2) is 7.25. The minimum atomic E-state index is -0.278. The molecule has 0 saturated heterocycles. The molecule has 1 rings (SSSR count). The highest BCUT2D eigenvalue weighted by molar-refractivity contribution is 5.92. The number of aromatic nitrogens is 1. The zero-order chi connectivity index (χ0) is 14.3. The third kappa shape index (κ3) is 4.65. The molecule has 0 aliphatic rings. The topological polar surface area (TPSA) is 87.4 Å². The molecule has 19 heavy (non-hydrogen) atoms. The Morgan fingerprint density at radius 2 is 2.21 bits per heavy atom. The smallest absolute Gasteiger partial charge is 0.273 e. The normalized spacial score (nSPS) is 14.1. The first-order chi connectivity index (χ1) is 9.04. The maximum absolute atomic E-state index is 11.9. The summed E-state index contributed by atoms with van der Waals surface area (Å²) >= 11 is 0. The molecule has 3 N–H and O–H groups in total. The molecule has 0 bridgehead atoms. The van der Waals surface area contributed by atoms with E-state index in [-0.39, 0.29) is 29.4 Å². The number of rotatable bonds is 8. The molecule has 6 nitrogen and oxygen atoms in total.